The highest BCUT2D eigenvalue weighted by Crippen LogP contribution is 2.31. The second kappa shape index (κ2) is 5.05. The predicted molar refractivity (Wildman–Crippen MR) is 57.9 cm³/mol. The third-order valence-electron chi connectivity index (χ3n) is 1.97. The molecule has 0 aliphatic carbocycles. The number of allylic oxidation sites excluding steroid dienone is 1. The van der Waals surface area contributed by atoms with Crippen molar-refractivity contribution in [1.82, 2.24) is 0 Å². The molecule has 0 heterocycles. The summed E-state index contributed by atoms with van der Waals surface area (Å²) in [4.78, 5) is 0. The highest BCUT2D eigenvalue weighted by Gasteiger charge is 2.08. The van der Waals surface area contributed by atoms with Gasteiger partial charge in [-0.05, 0) is 18.6 Å². The van der Waals surface area contributed by atoms with Crippen molar-refractivity contribution >= 4 is 6.21 Å². The Morgan fingerprint density at radius 1 is 1.53 bits per heavy atom. The molecule has 0 aliphatic heterocycles. The van der Waals surface area contributed by atoms with Crippen LogP contribution in [-0.4, -0.2) is 23.6 Å². The number of ether oxygens (including phenoxy) is 1. The minimum Gasteiger partial charge on any atom is -0.504 e. The van der Waals surface area contributed by atoms with Gasteiger partial charge in [0.25, 0.3) is 0 Å². The molecule has 2 N–H and O–H groups in total. The lowest BCUT2D eigenvalue weighted by Crippen LogP contribution is -1.92. The van der Waals surface area contributed by atoms with Crippen molar-refractivity contribution in [2.45, 2.75) is 6.42 Å². The average Bonchev–Trinajstić information content (AvgIpc) is 2.23. The largest absolute Gasteiger partial charge is 0.504 e. The highest BCUT2D eigenvalue weighted by molar-refractivity contribution is 5.81. The molecule has 0 bridgehead atoms. The molecule has 0 radical (unpaired) electrons. The predicted octanol–water partition coefficient (Wildman–Crippen LogP) is 1.94. The van der Waals surface area contributed by atoms with Gasteiger partial charge in [-0.3, -0.25) is 0 Å². The van der Waals surface area contributed by atoms with Gasteiger partial charge in [-0.2, -0.15) is 0 Å². The van der Waals surface area contributed by atoms with Crippen LogP contribution in [0.4, 0.5) is 0 Å². The number of rotatable bonds is 4. The number of aromatic hydroxyl groups is 1. The monoisotopic (exact) mass is 207 g/mol. The lowest BCUT2D eigenvalue weighted by atomic mass is 10.1. The van der Waals surface area contributed by atoms with Crippen LogP contribution in [0.25, 0.3) is 0 Å². The quantitative estimate of drug-likeness (QED) is 0.343. The minimum atomic E-state index is 0.0903. The first-order chi connectivity index (χ1) is 7.22. The number of methoxy groups -OCH3 is 1. The maximum Gasteiger partial charge on any atom is 0.161 e. The van der Waals surface area contributed by atoms with Crippen LogP contribution in [0, 0.1) is 0 Å². The van der Waals surface area contributed by atoms with Gasteiger partial charge in [0, 0.05) is 11.1 Å². The number of phenols is 1. The van der Waals surface area contributed by atoms with Gasteiger partial charge in [-0.1, -0.05) is 11.2 Å². The fraction of sp³-hybridized carbons (Fsp3) is 0.182. The van der Waals surface area contributed by atoms with E-state index in [-0.39, 0.29) is 5.75 Å². The van der Waals surface area contributed by atoms with E-state index in [2.05, 4.69) is 11.7 Å². The fourth-order valence-corrected chi connectivity index (χ4v) is 1.30. The third kappa shape index (κ3) is 2.49. The van der Waals surface area contributed by atoms with E-state index < -0.39 is 0 Å². The standard InChI is InChI=1S/C11H13NO3/c1-3-4-9-5-8(7-12-14)6-10(15-2)11(9)13/h3,5-7,13-14H,1,4H2,2H3/b12-7-. The van der Waals surface area contributed by atoms with Crippen LogP contribution >= 0.6 is 0 Å². The number of hydrogen-bond acceptors (Lipinski definition) is 4. The second-order valence-electron chi connectivity index (χ2n) is 2.97. The summed E-state index contributed by atoms with van der Waals surface area (Å²) in [6, 6.07) is 3.29. The van der Waals surface area contributed by atoms with Crippen LogP contribution in [0.3, 0.4) is 0 Å². The lowest BCUT2D eigenvalue weighted by Gasteiger charge is -2.08. The maximum atomic E-state index is 9.73. The maximum absolute atomic E-state index is 9.73. The normalized spacial score (nSPS) is 10.5. The van der Waals surface area contributed by atoms with Crippen molar-refractivity contribution in [2.75, 3.05) is 7.11 Å². The van der Waals surface area contributed by atoms with Gasteiger partial charge in [0.05, 0.1) is 13.3 Å². The number of nitrogens with zero attached hydrogens (tertiary/aromatic N) is 1. The number of hydrogen-bond donors (Lipinski definition) is 2. The molecule has 1 rings (SSSR count). The molecule has 0 saturated carbocycles. The molecule has 1 aromatic rings. The van der Waals surface area contributed by atoms with Crippen LogP contribution < -0.4 is 4.74 Å². The smallest absolute Gasteiger partial charge is 0.161 e. The second-order valence-corrected chi connectivity index (χ2v) is 2.97. The van der Waals surface area contributed by atoms with Crippen LogP contribution in [0.15, 0.2) is 29.9 Å². The van der Waals surface area contributed by atoms with E-state index in [1.807, 2.05) is 0 Å². The van der Waals surface area contributed by atoms with Crippen LogP contribution in [0.2, 0.25) is 0 Å². The number of phenolic OH excluding ortho intramolecular Hbond substituents is 1. The molecule has 4 nitrogen and oxygen atoms in total. The Labute approximate surface area is 88.1 Å². The first kappa shape index (κ1) is 11.1. The van der Waals surface area contributed by atoms with Crippen LogP contribution in [0.5, 0.6) is 11.5 Å². The van der Waals surface area contributed by atoms with Crippen LogP contribution in [-0.2, 0) is 6.42 Å². The van der Waals surface area contributed by atoms with Crippen molar-refractivity contribution in [3.05, 3.63) is 35.9 Å². The molecule has 0 aliphatic rings. The molecule has 0 aromatic heterocycles. The first-order valence-electron chi connectivity index (χ1n) is 4.41. The highest BCUT2D eigenvalue weighted by atomic mass is 16.5. The number of benzene rings is 1. The van der Waals surface area contributed by atoms with Crippen LogP contribution in [0.1, 0.15) is 11.1 Å². The SMILES string of the molecule is C=CCc1cc(/C=N\O)cc(OC)c1O. The topological polar surface area (TPSA) is 62.1 Å². The Hall–Kier alpha value is -1.97. The van der Waals surface area contributed by atoms with Gasteiger partial charge < -0.3 is 15.1 Å². The van der Waals surface area contributed by atoms with E-state index in [0.29, 0.717) is 23.3 Å². The van der Waals surface area contributed by atoms with Crippen molar-refractivity contribution in [2.24, 2.45) is 5.16 Å². The molecule has 0 spiro atoms. The Bertz CT molecular complexity index is 386. The summed E-state index contributed by atoms with van der Waals surface area (Å²) in [7, 11) is 1.46. The molecule has 15 heavy (non-hydrogen) atoms. The molecule has 0 amide bonds. The van der Waals surface area contributed by atoms with Crippen molar-refractivity contribution in [1.29, 1.82) is 0 Å². The molecule has 0 fully saturated rings. The summed E-state index contributed by atoms with van der Waals surface area (Å²) in [6.45, 7) is 3.59. The van der Waals surface area contributed by atoms with Crippen molar-refractivity contribution in [3.63, 3.8) is 0 Å². The molecule has 0 saturated heterocycles. The van der Waals surface area contributed by atoms with E-state index in [0.717, 1.165) is 0 Å². The Kier molecular flexibility index (Phi) is 3.74. The average molecular weight is 207 g/mol. The molecule has 80 valence electrons. The van der Waals surface area contributed by atoms with E-state index in [1.165, 1.54) is 13.3 Å². The zero-order valence-electron chi connectivity index (χ0n) is 8.47. The molecular weight excluding hydrogens is 194 g/mol. The summed E-state index contributed by atoms with van der Waals surface area (Å²) in [5.41, 5.74) is 1.34. The molecule has 1 aromatic carbocycles. The van der Waals surface area contributed by atoms with Gasteiger partial charge in [-0.25, -0.2) is 0 Å². The zero-order chi connectivity index (χ0) is 11.3. The van der Waals surface area contributed by atoms with Crippen molar-refractivity contribution < 1.29 is 15.1 Å². The third-order valence-corrected chi connectivity index (χ3v) is 1.97. The Balaban J connectivity index is 3.24. The van der Waals surface area contributed by atoms with Gasteiger partial charge in [0.1, 0.15) is 0 Å². The van der Waals surface area contributed by atoms with Crippen molar-refractivity contribution in [3.8, 4) is 11.5 Å². The summed E-state index contributed by atoms with van der Waals surface area (Å²) in [6.07, 6.45) is 3.47. The van der Waals surface area contributed by atoms with E-state index in [4.69, 9.17) is 9.94 Å². The van der Waals surface area contributed by atoms with E-state index in [1.54, 1.807) is 18.2 Å². The molecule has 0 atom stereocenters. The Morgan fingerprint density at radius 3 is 2.80 bits per heavy atom. The van der Waals surface area contributed by atoms with Gasteiger partial charge in [-0.15, -0.1) is 6.58 Å². The summed E-state index contributed by atoms with van der Waals surface area (Å²) < 4.78 is 4.99. The first-order valence-corrected chi connectivity index (χ1v) is 4.41. The summed E-state index contributed by atoms with van der Waals surface area (Å²) in [5, 5.41) is 21.1. The molecule has 0 unspecified atom stereocenters. The van der Waals surface area contributed by atoms with Gasteiger partial charge in [0.2, 0.25) is 0 Å². The number of oxime groups is 1. The van der Waals surface area contributed by atoms with Gasteiger partial charge in [0.15, 0.2) is 11.5 Å². The summed E-state index contributed by atoms with van der Waals surface area (Å²) in [5.74, 6) is 0.441. The van der Waals surface area contributed by atoms with Gasteiger partial charge >= 0.3 is 0 Å². The van der Waals surface area contributed by atoms with E-state index in [9.17, 15) is 5.11 Å². The lowest BCUT2D eigenvalue weighted by molar-refractivity contribution is 0.321. The molecular formula is C11H13NO3. The summed E-state index contributed by atoms with van der Waals surface area (Å²) >= 11 is 0. The Morgan fingerprint density at radius 2 is 2.27 bits per heavy atom. The zero-order valence-corrected chi connectivity index (χ0v) is 8.47. The molecule has 4 heteroatoms. The minimum absolute atomic E-state index is 0.0903. The van der Waals surface area contributed by atoms with E-state index >= 15 is 0 Å². The fourth-order valence-electron chi connectivity index (χ4n) is 1.30.